The van der Waals surface area contributed by atoms with Crippen molar-refractivity contribution >= 4 is 11.7 Å². The Labute approximate surface area is 123 Å². The van der Waals surface area contributed by atoms with E-state index in [1.165, 1.54) is 12.8 Å². The van der Waals surface area contributed by atoms with Gasteiger partial charge in [0.25, 0.3) is 0 Å². The van der Waals surface area contributed by atoms with Gasteiger partial charge in [-0.25, -0.2) is 4.79 Å². The number of nitrogens with one attached hydrogen (secondary N) is 1. The Balaban J connectivity index is 2.62. The molecule has 0 spiro atoms. The number of unbranched alkanes of at least 4 members (excludes halogenated alkanes) is 2. The molecule has 0 saturated heterocycles. The molecule has 0 heterocycles. The molecule has 0 aliphatic rings. The molecular formula is C17H28N2O. The summed E-state index contributed by atoms with van der Waals surface area (Å²) in [6.07, 6.45) is 5.58. The quantitative estimate of drug-likeness (QED) is 0.673. The lowest BCUT2D eigenvalue weighted by atomic mass is 10.1. The van der Waals surface area contributed by atoms with Gasteiger partial charge < -0.3 is 10.2 Å². The van der Waals surface area contributed by atoms with Gasteiger partial charge in [0.05, 0.1) is 0 Å². The summed E-state index contributed by atoms with van der Waals surface area (Å²) in [4.78, 5) is 14.4. The zero-order valence-electron chi connectivity index (χ0n) is 13.1. The molecule has 0 radical (unpaired) electrons. The van der Waals surface area contributed by atoms with Crippen LogP contribution >= 0.6 is 0 Å². The average Bonchev–Trinajstić information content (AvgIpc) is 2.44. The van der Waals surface area contributed by atoms with Crippen LogP contribution in [-0.2, 0) is 0 Å². The van der Waals surface area contributed by atoms with E-state index >= 15 is 0 Å². The van der Waals surface area contributed by atoms with E-state index in [-0.39, 0.29) is 6.03 Å². The summed E-state index contributed by atoms with van der Waals surface area (Å²) in [6.45, 7) is 7.33. The molecule has 1 aromatic rings. The van der Waals surface area contributed by atoms with E-state index in [9.17, 15) is 4.79 Å². The van der Waals surface area contributed by atoms with Gasteiger partial charge >= 0.3 is 6.03 Å². The van der Waals surface area contributed by atoms with Gasteiger partial charge in [-0.3, -0.25) is 0 Å². The molecule has 1 rings (SSSR count). The van der Waals surface area contributed by atoms with Crippen LogP contribution in [0.1, 0.15) is 52.9 Å². The van der Waals surface area contributed by atoms with E-state index in [2.05, 4.69) is 26.1 Å². The molecule has 112 valence electrons. The first-order valence-corrected chi connectivity index (χ1v) is 7.81. The molecule has 20 heavy (non-hydrogen) atoms. The van der Waals surface area contributed by atoms with Crippen LogP contribution in [0.3, 0.4) is 0 Å². The van der Waals surface area contributed by atoms with Gasteiger partial charge in [-0.05, 0) is 31.9 Å². The first-order valence-electron chi connectivity index (χ1n) is 7.81. The Morgan fingerprint density at radius 2 is 1.85 bits per heavy atom. The Kier molecular flexibility index (Phi) is 7.78. The number of urea groups is 1. The van der Waals surface area contributed by atoms with Crippen LogP contribution in [0.15, 0.2) is 30.3 Å². The van der Waals surface area contributed by atoms with Crippen molar-refractivity contribution < 1.29 is 4.79 Å². The fraction of sp³-hybridized carbons (Fsp3) is 0.588. The van der Waals surface area contributed by atoms with Crippen molar-refractivity contribution in [2.45, 2.75) is 58.9 Å². The number of carbonyl (C=O) groups excluding carboxylic acids is 1. The third-order valence-electron chi connectivity index (χ3n) is 3.53. The van der Waals surface area contributed by atoms with Gasteiger partial charge in [0.1, 0.15) is 0 Å². The third kappa shape index (κ3) is 5.64. The van der Waals surface area contributed by atoms with E-state index in [1.807, 2.05) is 35.2 Å². The molecule has 1 atom stereocenters. The monoisotopic (exact) mass is 276 g/mol. The van der Waals surface area contributed by atoms with Crippen LogP contribution in [0.5, 0.6) is 0 Å². The number of nitrogens with zero attached hydrogens (tertiary/aromatic N) is 1. The predicted octanol–water partition coefficient (Wildman–Crippen LogP) is 4.90. The molecule has 0 aliphatic heterocycles. The highest BCUT2D eigenvalue weighted by atomic mass is 16.2. The summed E-state index contributed by atoms with van der Waals surface area (Å²) in [5.41, 5.74) is 0.863. The minimum atomic E-state index is 0.0215. The average molecular weight is 276 g/mol. The molecule has 2 amide bonds. The topological polar surface area (TPSA) is 32.3 Å². The lowest BCUT2D eigenvalue weighted by molar-refractivity contribution is 0.187. The van der Waals surface area contributed by atoms with Crippen LogP contribution in [-0.4, -0.2) is 23.5 Å². The van der Waals surface area contributed by atoms with E-state index in [4.69, 9.17) is 0 Å². The summed E-state index contributed by atoms with van der Waals surface area (Å²) in [5, 5.41) is 3.00. The molecule has 0 fully saturated rings. The fourth-order valence-corrected chi connectivity index (χ4v) is 2.34. The van der Waals surface area contributed by atoms with Crippen molar-refractivity contribution in [2.24, 2.45) is 0 Å². The first kappa shape index (κ1) is 16.5. The Bertz CT molecular complexity index is 378. The van der Waals surface area contributed by atoms with Gasteiger partial charge in [0.2, 0.25) is 0 Å². The summed E-state index contributed by atoms with van der Waals surface area (Å²) in [7, 11) is 0. The summed E-state index contributed by atoms with van der Waals surface area (Å²) < 4.78 is 0. The standard InChI is InChI=1S/C17H28N2O/c1-4-6-10-14-19(15(3)11-5-2)17(20)18-16-12-8-7-9-13-16/h7-9,12-13,15H,4-6,10-11,14H2,1-3H3,(H,18,20). The smallest absolute Gasteiger partial charge is 0.322 e. The van der Waals surface area contributed by atoms with Crippen molar-refractivity contribution in [1.29, 1.82) is 0 Å². The van der Waals surface area contributed by atoms with Crippen LogP contribution < -0.4 is 5.32 Å². The Morgan fingerprint density at radius 1 is 1.15 bits per heavy atom. The minimum absolute atomic E-state index is 0.0215. The van der Waals surface area contributed by atoms with Gasteiger partial charge in [-0.1, -0.05) is 51.3 Å². The molecule has 3 heteroatoms. The highest BCUT2D eigenvalue weighted by molar-refractivity contribution is 5.89. The van der Waals surface area contributed by atoms with Crippen molar-refractivity contribution in [3.05, 3.63) is 30.3 Å². The normalized spacial score (nSPS) is 11.9. The highest BCUT2D eigenvalue weighted by Gasteiger charge is 2.18. The zero-order valence-corrected chi connectivity index (χ0v) is 13.1. The number of para-hydroxylation sites is 1. The van der Waals surface area contributed by atoms with E-state index in [0.29, 0.717) is 6.04 Å². The lowest BCUT2D eigenvalue weighted by Crippen LogP contribution is -2.42. The first-order chi connectivity index (χ1) is 9.69. The maximum atomic E-state index is 12.4. The molecule has 1 N–H and O–H groups in total. The van der Waals surface area contributed by atoms with Crippen molar-refractivity contribution in [1.82, 2.24) is 4.90 Å². The predicted molar refractivity (Wildman–Crippen MR) is 86.1 cm³/mol. The summed E-state index contributed by atoms with van der Waals surface area (Å²) in [5.74, 6) is 0. The second-order valence-corrected chi connectivity index (χ2v) is 5.33. The molecule has 3 nitrogen and oxygen atoms in total. The van der Waals surface area contributed by atoms with Gasteiger partial charge in [0.15, 0.2) is 0 Å². The maximum absolute atomic E-state index is 12.4. The number of hydrogen-bond donors (Lipinski definition) is 1. The maximum Gasteiger partial charge on any atom is 0.322 e. The molecule has 1 unspecified atom stereocenters. The summed E-state index contributed by atoms with van der Waals surface area (Å²) >= 11 is 0. The molecule has 0 bridgehead atoms. The molecule has 0 aromatic heterocycles. The number of rotatable bonds is 8. The zero-order chi connectivity index (χ0) is 14.8. The number of carbonyl (C=O) groups is 1. The second kappa shape index (κ2) is 9.40. The second-order valence-electron chi connectivity index (χ2n) is 5.33. The number of benzene rings is 1. The number of hydrogen-bond acceptors (Lipinski definition) is 1. The van der Waals surface area contributed by atoms with Gasteiger partial charge in [-0.15, -0.1) is 0 Å². The summed E-state index contributed by atoms with van der Waals surface area (Å²) in [6, 6.07) is 9.99. The van der Waals surface area contributed by atoms with Crippen LogP contribution in [0.2, 0.25) is 0 Å². The van der Waals surface area contributed by atoms with Crippen LogP contribution in [0.4, 0.5) is 10.5 Å². The Hall–Kier alpha value is -1.51. The Morgan fingerprint density at radius 3 is 2.45 bits per heavy atom. The van der Waals surface area contributed by atoms with Crippen molar-refractivity contribution in [3.8, 4) is 0 Å². The molecular weight excluding hydrogens is 248 g/mol. The minimum Gasteiger partial charge on any atom is -0.322 e. The largest absolute Gasteiger partial charge is 0.322 e. The van der Waals surface area contributed by atoms with Crippen LogP contribution in [0, 0.1) is 0 Å². The third-order valence-corrected chi connectivity index (χ3v) is 3.53. The highest BCUT2D eigenvalue weighted by Crippen LogP contribution is 2.13. The van der Waals surface area contributed by atoms with Gasteiger partial charge in [0, 0.05) is 18.3 Å². The molecule has 1 aromatic carbocycles. The number of amides is 2. The fourth-order valence-electron chi connectivity index (χ4n) is 2.34. The van der Waals surface area contributed by atoms with Crippen LogP contribution in [0.25, 0.3) is 0 Å². The van der Waals surface area contributed by atoms with E-state index in [1.54, 1.807) is 0 Å². The van der Waals surface area contributed by atoms with E-state index < -0.39 is 0 Å². The number of anilines is 1. The van der Waals surface area contributed by atoms with E-state index in [0.717, 1.165) is 31.5 Å². The molecule has 0 aliphatic carbocycles. The van der Waals surface area contributed by atoms with Crippen molar-refractivity contribution in [2.75, 3.05) is 11.9 Å². The van der Waals surface area contributed by atoms with Gasteiger partial charge in [-0.2, -0.15) is 0 Å². The lowest BCUT2D eigenvalue weighted by Gasteiger charge is -2.29. The SMILES string of the molecule is CCCCCN(C(=O)Nc1ccccc1)C(C)CCC. The molecule has 0 saturated carbocycles. The van der Waals surface area contributed by atoms with Crippen molar-refractivity contribution in [3.63, 3.8) is 0 Å².